The van der Waals surface area contributed by atoms with Gasteiger partial charge in [-0.1, -0.05) is 11.6 Å². The van der Waals surface area contributed by atoms with Crippen LogP contribution in [0.1, 0.15) is 20.7 Å². The van der Waals surface area contributed by atoms with Gasteiger partial charge in [-0.3, -0.25) is 9.78 Å². The highest BCUT2D eigenvalue weighted by molar-refractivity contribution is 9.10. The number of pyridine rings is 1. The monoisotopic (exact) mass is 354 g/mol. The van der Waals surface area contributed by atoms with Gasteiger partial charge in [0, 0.05) is 16.9 Å². The fourth-order valence-electron chi connectivity index (χ4n) is 1.50. The smallest absolute Gasteiger partial charge is 0.335 e. The third-order valence-electron chi connectivity index (χ3n) is 2.48. The number of aromatic nitrogens is 1. The number of halogens is 2. The molecule has 0 spiro atoms. The molecular weight excluding hydrogens is 348 g/mol. The number of carbonyl (C=O) groups is 2. The lowest BCUT2D eigenvalue weighted by Gasteiger charge is -2.09. The van der Waals surface area contributed by atoms with Gasteiger partial charge in [0.2, 0.25) is 0 Å². The van der Waals surface area contributed by atoms with Gasteiger partial charge in [-0.2, -0.15) is 0 Å². The summed E-state index contributed by atoms with van der Waals surface area (Å²) in [4.78, 5) is 26.8. The standard InChI is InChI=1S/C13H8BrClN2O3/c14-9-2-1-7(13(19)20)5-11(9)17-12(18)8-3-4-16-6-10(8)15/h1-6H,(H,17,18)(H,19,20). The number of aromatic carboxylic acids is 1. The summed E-state index contributed by atoms with van der Waals surface area (Å²) in [5.74, 6) is -1.52. The minimum atomic E-state index is -1.07. The largest absolute Gasteiger partial charge is 0.478 e. The molecule has 1 aromatic carbocycles. The van der Waals surface area contributed by atoms with Crippen LogP contribution in [0.25, 0.3) is 0 Å². The summed E-state index contributed by atoms with van der Waals surface area (Å²) >= 11 is 9.12. The van der Waals surface area contributed by atoms with E-state index in [1.54, 1.807) is 6.07 Å². The highest BCUT2D eigenvalue weighted by Gasteiger charge is 2.13. The first-order chi connectivity index (χ1) is 9.49. The van der Waals surface area contributed by atoms with Crippen LogP contribution < -0.4 is 5.32 Å². The Hall–Kier alpha value is -1.92. The van der Waals surface area contributed by atoms with E-state index >= 15 is 0 Å². The van der Waals surface area contributed by atoms with Gasteiger partial charge in [0.05, 0.1) is 21.8 Å². The number of carboxylic acids is 1. The van der Waals surface area contributed by atoms with Crippen molar-refractivity contribution in [1.82, 2.24) is 4.98 Å². The Bertz CT molecular complexity index is 691. The summed E-state index contributed by atoms with van der Waals surface area (Å²) in [6.07, 6.45) is 2.81. The molecule has 1 aromatic heterocycles. The maximum Gasteiger partial charge on any atom is 0.335 e. The second kappa shape index (κ2) is 6.02. The molecular formula is C13H8BrClN2O3. The molecule has 0 unspecified atom stereocenters. The highest BCUT2D eigenvalue weighted by Crippen LogP contribution is 2.25. The molecule has 7 heteroatoms. The fourth-order valence-corrected chi connectivity index (χ4v) is 2.05. The Labute approximate surface area is 127 Å². The normalized spacial score (nSPS) is 10.1. The van der Waals surface area contributed by atoms with Crippen molar-refractivity contribution in [2.45, 2.75) is 0 Å². The molecule has 0 radical (unpaired) electrons. The molecule has 0 atom stereocenters. The minimum absolute atomic E-state index is 0.0734. The lowest BCUT2D eigenvalue weighted by molar-refractivity contribution is 0.0696. The molecule has 0 aliphatic rings. The zero-order valence-corrected chi connectivity index (χ0v) is 12.3. The molecule has 0 saturated heterocycles. The first-order valence-electron chi connectivity index (χ1n) is 5.42. The van der Waals surface area contributed by atoms with Crippen LogP contribution in [0.5, 0.6) is 0 Å². The Morgan fingerprint density at radius 3 is 2.70 bits per heavy atom. The Balaban J connectivity index is 2.30. The van der Waals surface area contributed by atoms with Gasteiger partial charge in [-0.15, -0.1) is 0 Å². The SMILES string of the molecule is O=C(O)c1ccc(Br)c(NC(=O)c2ccncc2Cl)c1. The quantitative estimate of drug-likeness (QED) is 0.884. The average molecular weight is 356 g/mol. The van der Waals surface area contributed by atoms with E-state index in [1.165, 1.54) is 30.6 Å². The van der Waals surface area contributed by atoms with Crippen LogP contribution in [0.4, 0.5) is 5.69 Å². The number of hydrogen-bond acceptors (Lipinski definition) is 3. The molecule has 2 N–H and O–H groups in total. The molecule has 0 saturated carbocycles. The summed E-state index contributed by atoms with van der Waals surface area (Å²) < 4.78 is 0.570. The zero-order valence-electron chi connectivity index (χ0n) is 9.93. The van der Waals surface area contributed by atoms with Crippen LogP contribution in [0.3, 0.4) is 0 Å². The van der Waals surface area contributed by atoms with Crippen molar-refractivity contribution in [3.63, 3.8) is 0 Å². The summed E-state index contributed by atoms with van der Waals surface area (Å²) in [6, 6.07) is 5.82. The first kappa shape index (κ1) is 14.5. The predicted octanol–water partition coefficient (Wildman–Crippen LogP) is 3.45. The van der Waals surface area contributed by atoms with Crippen LogP contribution >= 0.6 is 27.5 Å². The number of nitrogens with zero attached hydrogens (tertiary/aromatic N) is 1. The third kappa shape index (κ3) is 3.15. The second-order valence-corrected chi connectivity index (χ2v) is 5.07. The molecule has 5 nitrogen and oxygen atoms in total. The van der Waals surface area contributed by atoms with Gasteiger partial charge >= 0.3 is 5.97 Å². The summed E-state index contributed by atoms with van der Waals surface area (Å²) in [5, 5.41) is 11.8. The van der Waals surface area contributed by atoms with Gasteiger partial charge in [-0.25, -0.2) is 4.79 Å². The number of carboxylic acid groups (broad SMARTS) is 1. The third-order valence-corrected chi connectivity index (χ3v) is 3.47. The van der Waals surface area contributed by atoms with Crippen molar-refractivity contribution in [1.29, 1.82) is 0 Å². The van der Waals surface area contributed by atoms with E-state index in [2.05, 4.69) is 26.2 Å². The fraction of sp³-hybridized carbons (Fsp3) is 0. The van der Waals surface area contributed by atoms with E-state index in [9.17, 15) is 9.59 Å². The molecule has 0 fully saturated rings. The topological polar surface area (TPSA) is 79.3 Å². The average Bonchev–Trinajstić information content (AvgIpc) is 2.41. The van der Waals surface area contributed by atoms with Gasteiger partial charge in [-0.05, 0) is 40.2 Å². The number of nitrogens with one attached hydrogen (secondary N) is 1. The molecule has 0 aliphatic heterocycles. The van der Waals surface area contributed by atoms with E-state index in [0.29, 0.717) is 10.2 Å². The van der Waals surface area contributed by atoms with E-state index in [0.717, 1.165) is 0 Å². The maximum atomic E-state index is 12.1. The Morgan fingerprint density at radius 2 is 2.05 bits per heavy atom. The van der Waals surface area contributed by atoms with Crippen molar-refractivity contribution >= 4 is 45.1 Å². The lowest BCUT2D eigenvalue weighted by atomic mass is 10.2. The maximum absolute atomic E-state index is 12.1. The van der Waals surface area contributed by atoms with Crippen molar-refractivity contribution in [3.05, 3.63) is 57.3 Å². The van der Waals surface area contributed by atoms with Crippen LogP contribution in [0.15, 0.2) is 41.1 Å². The Morgan fingerprint density at radius 1 is 1.30 bits per heavy atom. The van der Waals surface area contributed by atoms with Gasteiger partial charge < -0.3 is 10.4 Å². The van der Waals surface area contributed by atoms with Crippen molar-refractivity contribution in [3.8, 4) is 0 Å². The van der Waals surface area contributed by atoms with E-state index in [-0.39, 0.29) is 16.1 Å². The molecule has 20 heavy (non-hydrogen) atoms. The molecule has 102 valence electrons. The minimum Gasteiger partial charge on any atom is -0.478 e. The van der Waals surface area contributed by atoms with Crippen LogP contribution in [0, 0.1) is 0 Å². The molecule has 2 rings (SSSR count). The van der Waals surface area contributed by atoms with Crippen molar-refractivity contribution in [2.75, 3.05) is 5.32 Å². The number of hydrogen-bond donors (Lipinski definition) is 2. The second-order valence-electron chi connectivity index (χ2n) is 3.81. The van der Waals surface area contributed by atoms with E-state index in [4.69, 9.17) is 16.7 Å². The zero-order chi connectivity index (χ0) is 14.7. The molecule has 1 heterocycles. The van der Waals surface area contributed by atoms with E-state index < -0.39 is 11.9 Å². The van der Waals surface area contributed by atoms with Crippen LogP contribution in [0.2, 0.25) is 5.02 Å². The van der Waals surface area contributed by atoms with Crippen molar-refractivity contribution < 1.29 is 14.7 Å². The summed E-state index contributed by atoms with van der Waals surface area (Å²) in [5.41, 5.74) is 0.682. The van der Waals surface area contributed by atoms with Gasteiger partial charge in [0.15, 0.2) is 0 Å². The van der Waals surface area contributed by atoms with Crippen molar-refractivity contribution in [2.24, 2.45) is 0 Å². The molecule has 0 bridgehead atoms. The summed E-state index contributed by atoms with van der Waals surface area (Å²) in [7, 11) is 0. The number of amides is 1. The van der Waals surface area contributed by atoms with Crippen LogP contribution in [-0.4, -0.2) is 22.0 Å². The lowest BCUT2D eigenvalue weighted by Crippen LogP contribution is -2.13. The molecule has 2 aromatic rings. The number of carbonyl (C=O) groups excluding carboxylic acids is 1. The Kier molecular flexibility index (Phi) is 4.36. The summed E-state index contributed by atoms with van der Waals surface area (Å²) in [6.45, 7) is 0. The number of rotatable bonds is 3. The molecule has 1 amide bonds. The molecule has 0 aliphatic carbocycles. The van der Waals surface area contributed by atoms with Crippen LogP contribution in [-0.2, 0) is 0 Å². The highest BCUT2D eigenvalue weighted by atomic mass is 79.9. The first-order valence-corrected chi connectivity index (χ1v) is 6.60. The van der Waals surface area contributed by atoms with Gasteiger partial charge in [0.25, 0.3) is 5.91 Å². The predicted molar refractivity (Wildman–Crippen MR) is 78.3 cm³/mol. The number of benzene rings is 1. The van der Waals surface area contributed by atoms with E-state index in [1.807, 2.05) is 0 Å². The van der Waals surface area contributed by atoms with Gasteiger partial charge in [0.1, 0.15) is 0 Å². The number of anilines is 1.